The number of hydrogen-bond donors (Lipinski definition) is 1. The molecule has 2 unspecified atom stereocenters. The topological polar surface area (TPSA) is 20.2 Å². The van der Waals surface area contributed by atoms with E-state index in [2.05, 4.69) is 0 Å². The van der Waals surface area contributed by atoms with Crippen molar-refractivity contribution in [3.8, 4) is 0 Å². The fourth-order valence-electron chi connectivity index (χ4n) is 2.85. The van der Waals surface area contributed by atoms with E-state index in [4.69, 9.17) is 0 Å². The van der Waals surface area contributed by atoms with E-state index in [1.165, 1.54) is 32.1 Å². The summed E-state index contributed by atoms with van der Waals surface area (Å²) in [6.07, 6.45) is 9.28. The van der Waals surface area contributed by atoms with Gasteiger partial charge in [0.15, 0.2) is 0 Å². The fraction of sp³-hybridized carbons (Fsp3) is 1.00. The van der Waals surface area contributed by atoms with E-state index in [-0.39, 0.29) is 6.10 Å². The molecule has 2 atom stereocenters. The van der Waals surface area contributed by atoms with E-state index in [9.17, 15) is 5.11 Å². The zero-order valence-corrected chi connectivity index (χ0v) is 7.13. The molecule has 2 aliphatic rings. The van der Waals surface area contributed by atoms with E-state index in [1.54, 1.807) is 0 Å². The monoisotopic (exact) mass is 154 g/mol. The van der Waals surface area contributed by atoms with Crippen LogP contribution in [0.15, 0.2) is 0 Å². The SMILES string of the molecule is OC1CCC(C2CCCC2)C1. The van der Waals surface area contributed by atoms with Crippen LogP contribution in [0.5, 0.6) is 0 Å². The minimum absolute atomic E-state index is 0.0422. The number of hydrogen-bond acceptors (Lipinski definition) is 1. The summed E-state index contributed by atoms with van der Waals surface area (Å²) < 4.78 is 0. The van der Waals surface area contributed by atoms with Crippen LogP contribution in [0.3, 0.4) is 0 Å². The molecule has 0 aromatic rings. The molecule has 1 N–H and O–H groups in total. The van der Waals surface area contributed by atoms with Crippen LogP contribution in [0.2, 0.25) is 0 Å². The maximum atomic E-state index is 9.36. The van der Waals surface area contributed by atoms with Crippen molar-refractivity contribution in [2.75, 3.05) is 0 Å². The summed E-state index contributed by atoms with van der Waals surface area (Å²) in [5.41, 5.74) is 0. The van der Waals surface area contributed by atoms with Crippen LogP contribution in [-0.4, -0.2) is 11.2 Å². The maximum Gasteiger partial charge on any atom is 0.0543 e. The van der Waals surface area contributed by atoms with Gasteiger partial charge in [-0.05, 0) is 31.1 Å². The first kappa shape index (κ1) is 7.60. The summed E-state index contributed by atoms with van der Waals surface area (Å²) in [5.74, 6) is 1.86. The van der Waals surface area contributed by atoms with Crippen LogP contribution in [0.25, 0.3) is 0 Å². The first-order valence-corrected chi connectivity index (χ1v) is 5.04. The van der Waals surface area contributed by atoms with Gasteiger partial charge in [0.05, 0.1) is 6.10 Å². The third-order valence-electron chi connectivity index (χ3n) is 3.51. The van der Waals surface area contributed by atoms with Gasteiger partial charge in [-0.3, -0.25) is 0 Å². The number of aliphatic hydroxyl groups excluding tert-OH is 1. The maximum absolute atomic E-state index is 9.36. The minimum Gasteiger partial charge on any atom is -0.393 e. The smallest absolute Gasteiger partial charge is 0.0543 e. The lowest BCUT2D eigenvalue weighted by Gasteiger charge is -2.16. The second kappa shape index (κ2) is 3.14. The lowest BCUT2D eigenvalue weighted by atomic mass is 9.90. The molecule has 0 saturated heterocycles. The van der Waals surface area contributed by atoms with E-state index in [0.29, 0.717) is 0 Å². The lowest BCUT2D eigenvalue weighted by Crippen LogP contribution is -2.09. The zero-order chi connectivity index (χ0) is 7.68. The quantitative estimate of drug-likeness (QED) is 0.614. The number of aliphatic hydroxyl groups is 1. The highest BCUT2D eigenvalue weighted by Gasteiger charge is 2.31. The van der Waals surface area contributed by atoms with Gasteiger partial charge in [0.1, 0.15) is 0 Å². The van der Waals surface area contributed by atoms with E-state index >= 15 is 0 Å². The zero-order valence-electron chi connectivity index (χ0n) is 7.13. The summed E-state index contributed by atoms with van der Waals surface area (Å²) in [6.45, 7) is 0. The van der Waals surface area contributed by atoms with Gasteiger partial charge in [0.2, 0.25) is 0 Å². The normalized spacial score (nSPS) is 40.1. The molecule has 0 radical (unpaired) electrons. The molecule has 0 aromatic carbocycles. The molecular formula is C10H18O. The first-order valence-electron chi connectivity index (χ1n) is 5.04. The Kier molecular flexibility index (Phi) is 2.17. The molecule has 0 bridgehead atoms. The van der Waals surface area contributed by atoms with E-state index in [1.807, 2.05) is 0 Å². The Balaban J connectivity index is 1.85. The molecular weight excluding hydrogens is 136 g/mol. The third kappa shape index (κ3) is 1.58. The fourth-order valence-corrected chi connectivity index (χ4v) is 2.85. The Morgan fingerprint density at radius 3 is 2.09 bits per heavy atom. The van der Waals surface area contributed by atoms with Crippen molar-refractivity contribution < 1.29 is 5.11 Å². The predicted octanol–water partition coefficient (Wildman–Crippen LogP) is 2.34. The highest BCUT2D eigenvalue weighted by molar-refractivity contribution is 4.82. The van der Waals surface area contributed by atoms with E-state index in [0.717, 1.165) is 24.7 Å². The molecule has 64 valence electrons. The van der Waals surface area contributed by atoms with Crippen molar-refractivity contribution in [1.82, 2.24) is 0 Å². The second-order valence-electron chi connectivity index (χ2n) is 4.27. The summed E-state index contributed by atoms with van der Waals surface area (Å²) >= 11 is 0. The standard InChI is InChI=1S/C10H18O/c11-10-6-5-9(7-10)8-3-1-2-4-8/h8-11H,1-7H2. The highest BCUT2D eigenvalue weighted by atomic mass is 16.3. The van der Waals surface area contributed by atoms with Crippen LogP contribution in [-0.2, 0) is 0 Å². The van der Waals surface area contributed by atoms with E-state index < -0.39 is 0 Å². The molecule has 0 aromatic heterocycles. The first-order chi connectivity index (χ1) is 5.36. The molecule has 1 nitrogen and oxygen atoms in total. The molecule has 0 heterocycles. The molecule has 11 heavy (non-hydrogen) atoms. The Labute approximate surface area is 68.8 Å². The van der Waals surface area contributed by atoms with Gasteiger partial charge in [-0.25, -0.2) is 0 Å². The molecule has 1 heteroatoms. The molecule has 2 fully saturated rings. The van der Waals surface area contributed by atoms with Crippen LogP contribution < -0.4 is 0 Å². The minimum atomic E-state index is 0.0422. The average Bonchev–Trinajstić information content (AvgIpc) is 2.55. The van der Waals surface area contributed by atoms with Crippen molar-refractivity contribution >= 4 is 0 Å². The van der Waals surface area contributed by atoms with Crippen LogP contribution in [0, 0.1) is 11.8 Å². The largest absolute Gasteiger partial charge is 0.393 e. The van der Waals surface area contributed by atoms with Gasteiger partial charge in [-0.2, -0.15) is 0 Å². The summed E-state index contributed by atoms with van der Waals surface area (Å²) in [5, 5.41) is 9.36. The highest BCUT2D eigenvalue weighted by Crippen LogP contribution is 2.40. The van der Waals surface area contributed by atoms with Crippen LogP contribution in [0.1, 0.15) is 44.9 Å². The van der Waals surface area contributed by atoms with Crippen LogP contribution >= 0.6 is 0 Å². The Morgan fingerprint density at radius 1 is 0.818 bits per heavy atom. The van der Waals surface area contributed by atoms with Crippen molar-refractivity contribution in [3.05, 3.63) is 0 Å². The molecule has 2 saturated carbocycles. The van der Waals surface area contributed by atoms with Crippen molar-refractivity contribution in [1.29, 1.82) is 0 Å². The summed E-state index contributed by atoms with van der Waals surface area (Å²) in [6, 6.07) is 0. The van der Waals surface area contributed by atoms with Crippen LogP contribution in [0.4, 0.5) is 0 Å². The van der Waals surface area contributed by atoms with Gasteiger partial charge < -0.3 is 5.11 Å². The molecule has 0 aliphatic heterocycles. The predicted molar refractivity (Wildman–Crippen MR) is 45.3 cm³/mol. The molecule has 0 spiro atoms. The van der Waals surface area contributed by atoms with Gasteiger partial charge in [-0.15, -0.1) is 0 Å². The third-order valence-corrected chi connectivity index (χ3v) is 3.51. The van der Waals surface area contributed by atoms with Gasteiger partial charge in [-0.1, -0.05) is 25.7 Å². The van der Waals surface area contributed by atoms with Gasteiger partial charge in [0.25, 0.3) is 0 Å². The Hall–Kier alpha value is -0.0400. The van der Waals surface area contributed by atoms with Gasteiger partial charge in [0, 0.05) is 0 Å². The van der Waals surface area contributed by atoms with Gasteiger partial charge >= 0.3 is 0 Å². The average molecular weight is 154 g/mol. The number of rotatable bonds is 1. The van der Waals surface area contributed by atoms with Crippen molar-refractivity contribution in [2.24, 2.45) is 11.8 Å². The van der Waals surface area contributed by atoms with Crippen molar-refractivity contribution in [2.45, 2.75) is 51.0 Å². The summed E-state index contributed by atoms with van der Waals surface area (Å²) in [7, 11) is 0. The lowest BCUT2D eigenvalue weighted by molar-refractivity contribution is 0.171. The summed E-state index contributed by atoms with van der Waals surface area (Å²) in [4.78, 5) is 0. The molecule has 0 amide bonds. The Morgan fingerprint density at radius 2 is 1.55 bits per heavy atom. The second-order valence-corrected chi connectivity index (χ2v) is 4.27. The Bertz CT molecular complexity index is 127. The van der Waals surface area contributed by atoms with Crippen molar-refractivity contribution in [3.63, 3.8) is 0 Å². The molecule has 2 rings (SSSR count). The molecule has 2 aliphatic carbocycles.